The Morgan fingerprint density at radius 3 is 2.70 bits per heavy atom. The summed E-state index contributed by atoms with van der Waals surface area (Å²) < 4.78 is 5.27. The third-order valence-electron chi connectivity index (χ3n) is 5.17. The van der Waals surface area contributed by atoms with Crippen molar-refractivity contribution in [1.82, 2.24) is 4.90 Å². The Morgan fingerprint density at radius 2 is 2.00 bits per heavy atom. The molecule has 3 rings (SSSR count). The second-order valence-electron chi connectivity index (χ2n) is 6.69. The molecular weight excluding hydrogens is 380 g/mol. The summed E-state index contributed by atoms with van der Waals surface area (Å²) >= 11 is 12.2. The molecular formula is C21H23ClN2O2S. The number of thiocarbonyl (C=S) groups is 1. The van der Waals surface area contributed by atoms with E-state index in [1.54, 1.807) is 7.11 Å². The van der Waals surface area contributed by atoms with Crippen LogP contribution >= 0.6 is 23.8 Å². The molecule has 0 saturated heterocycles. The van der Waals surface area contributed by atoms with Gasteiger partial charge >= 0.3 is 0 Å². The van der Waals surface area contributed by atoms with Gasteiger partial charge in [0.2, 0.25) is 0 Å². The third-order valence-corrected chi connectivity index (χ3v) is 5.88. The Hall–Kier alpha value is -2.11. The SMILES string of the molecule is COc1cccc(NC(=S)N(C)C2(c3ccccc3Cl)CCCCC2=O)c1. The summed E-state index contributed by atoms with van der Waals surface area (Å²) in [7, 11) is 3.48. The highest BCUT2D eigenvalue weighted by Gasteiger charge is 2.47. The molecule has 1 unspecified atom stereocenters. The number of rotatable bonds is 4. The van der Waals surface area contributed by atoms with Crippen molar-refractivity contribution < 1.29 is 9.53 Å². The van der Waals surface area contributed by atoms with Crippen LogP contribution in [-0.4, -0.2) is 30.0 Å². The second kappa shape index (κ2) is 8.28. The number of ether oxygens (including phenoxy) is 1. The Bertz CT molecular complexity index is 858. The Morgan fingerprint density at radius 1 is 1.22 bits per heavy atom. The number of likely N-dealkylation sites (N-methyl/N-ethyl adjacent to an activating group) is 1. The molecule has 0 aromatic heterocycles. The van der Waals surface area contributed by atoms with E-state index in [9.17, 15) is 4.79 Å². The zero-order valence-electron chi connectivity index (χ0n) is 15.5. The molecule has 1 atom stereocenters. The van der Waals surface area contributed by atoms with Crippen LogP contribution in [0.4, 0.5) is 5.69 Å². The molecule has 0 bridgehead atoms. The minimum Gasteiger partial charge on any atom is -0.497 e. The summed E-state index contributed by atoms with van der Waals surface area (Å²) in [4.78, 5) is 15.0. The van der Waals surface area contributed by atoms with Crippen molar-refractivity contribution in [2.45, 2.75) is 31.2 Å². The number of nitrogens with one attached hydrogen (secondary N) is 1. The van der Waals surface area contributed by atoms with Crippen molar-refractivity contribution in [2.24, 2.45) is 0 Å². The maximum absolute atomic E-state index is 13.2. The van der Waals surface area contributed by atoms with Crippen LogP contribution in [0.5, 0.6) is 5.75 Å². The molecule has 0 aliphatic heterocycles. The zero-order valence-corrected chi connectivity index (χ0v) is 17.1. The second-order valence-corrected chi connectivity index (χ2v) is 7.49. The number of benzene rings is 2. The van der Waals surface area contributed by atoms with Crippen LogP contribution < -0.4 is 10.1 Å². The molecule has 27 heavy (non-hydrogen) atoms. The third kappa shape index (κ3) is 3.80. The number of hydrogen-bond acceptors (Lipinski definition) is 3. The molecule has 0 radical (unpaired) electrons. The number of Topliss-reactive ketones (excluding diaryl/α,β-unsaturated/α-hetero) is 1. The van der Waals surface area contributed by atoms with Gasteiger partial charge in [0.25, 0.3) is 0 Å². The van der Waals surface area contributed by atoms with Crippen LogP contribution in [0.3, 0.4) is 0 Å². The highest BCUT2D eigenvalue weighted by molar-refractivity contribution is 7.80. The minimum atomic E-state index is -0.848. The molecule has 0 heterocycles. The van der Waals surface area contributed by atoms with Gasteiger partial charge in [0.1, 0.15) is 11.3 Å². The molecule has 4 nitrogen and oxygen atoms in total. The normalized spacial score (nSPS) is 19.4. The minimum absolute atomic E-state index is 0.152. The van der Waals surface area contributed by atoms with E-state index in [2.05, 4.69) is 5.32 Å². The predicted molar refractivity (Wildman–Crippen MR) is 114 cm³/mol. The first-order valence-corrected chi connectivity index (χ1v) is 9.75. The lowest BCUT2D eigenvalue weighted by Gasteiger charge is -2.45. The molecule has 0 amide bonds. The summed E-state index contributed by atoms with van der Waals surface area (Å²) in [6.07, 6.45) is 3.06. The van der Waals surface area contributed by atoms with E-state index < -0.39 is 5.54 Å². The molecule has 1 aliphatic rings. The van der Waals surface area contributed by atoms with Crippen molar-refractivity contribution >= 4 is 40.4 Å². The molecule has 1 saturated carbocycles. The smallest absolute Gasteiger partial charge is 0.174 e. The molecule has 142 valence electrons. The monoisotopic (exact) mass is 402 g/mol. The first-order chi connectivity index (χ1) is 13.0. The number of hydrogen-bond donors (Lipinski definition) is 1. The van der Waals surface area contributed by atoms with Crippen molar-refractivity contribution in [1.29, 1.82) is 0 Å². The van der Waals surface area contributed by atoms with Crippen molar-refractivity contribution in [3.05, 3.63) is 59.1 Å². The van der Waals surface area contributed by atoms with Crippen molar-refractivity contribution in [3.8, 4) is 5.75 Å². The first kappa shape index (κ1) is 19.6. The van der Waals surface area contributed by atoms with Crippen molar-refractivity contribution in [3.63, 3.8) is 0 Å². The van der Waals surface area contributed by atoms with Gasteiger partial charge in [-0.05, 0) is 49.7 Å². The molecule has 1 fully saturated rings. The van der Waals surface area contributed by atoms with Gasteiger partial charge < -0.3 is 15.0 Å². The first-order valence-electron chi connectivity index (χ1n) is 8.96. The fourth-order valence-electron chi connectivity index (χ4n) is 3.71. The quantitative estimate of drug-likeness (QED) is 0.727. The van der Waals surface area contributed by atoms with Gasteiger partial charge in [-0.1, -0.05) is 35.9 Å². The van der Waals surface area contributed by atoms with Crippen molar-refractivity contribution in [2.75, 3.05) is 19.5 Å². The fraction of sp³-hybridized carbons (Fsp3) is 0.333. The zero-order chi connectivity index (χ0) is 19.4. The standard InChI is InChI=1S/C21H23ClN2O2S/c1-24(20(27)23-15-8-7-9-16(14-15)26-2)21(13-6-5-12-19(21)25)17-10-3-4-11-18(17)22/h3-4,7-11,14H,5-6,12-13H2,1-2H3,(H,23,27). The highest BCUT2D eigenvalue weighted by atomic mass is 35.5. The van der Waals surface area contributed by atoms with Gasteiger partial charge in [0, 0.05) is 35.8 Å². The van der Waals surface area contributed by atoms with Gasteiger partial charge in [0.05, 0.1) is 7.11 Å². The number of carbonyl (C=O) groups excluding carboxylic acids is 1. The maximum atomic E-state index is 13.2. The van der Waals surface area contributed by atoms with E-state index in [-0.39, 0.29) is 5.78 Å². The van der Waals surface area contributed by atoms with Crippen LogP contribution in [0.25, 0.3) is 0 Å². The van der Waals surface area contributed by atoms with E-state index in [1.807, 2.05) is 60.5 Å². The average Bonchev–Trinajstić information content (AvgIpc) is 2.68. The Labute approximate surface area is 170 Å². The summed E-state index contributed by atoms with van der Waals surface area (Å²) in [6, 6.07) is 15.1. The largest absolute Gasteiger partial charge is 0.497 e. The number of halogens is 1. The molecule has 6 heteroatoms. The van der Waals surface area contributed by atoms with E-state index >= 15 is 0 Å². The van der Waals surface area contributed by atoms with E-state index in [0.717, 1.165) is 29.8 Å². The number of ketones is 1. The van der Waals surface area contributed by atoms with Gasteiger partial charge in [-0.15, -0.1) is 0 Å². The van der Waals surface area contributed by atoms with E-state index in [0.29, 0.717) is 23.0 Å². The topological polar surface area (TPSA) is 41.6 Å². The summed E-state index contributed by atoms with van der Waals surface area (Å²) in [6.45, 7) is 0. The lowest BCUT2D eigenvalue weighted by molar-refractivity contribution is -0.131. The summed E-state index contributed by atoms with van der Waals surface area (Å²) in [5.74, 6) is 0.888. The number of anilines is 1. The summed E-state index contributed by atoms with van der Waals surface area (Å²) in [5, 5.41) is 4.29. The maximum Gasteiger partial charge on any atom is 0.174 e. The van der Waals surface area contributed by atoms with Crippen LogP contribution in [0.15, 0.2) is 48.5 Å². The Balaban J connectivity index is 1.96. The van der Waals surface area contributed by atoms with Crippen LogP contribution in [0, 0.1) is 0 Å². The Kier molecular flexibility index (Phi) is 6.02. The van der Waals surface area contributed by atoms with Crippen LogP contribution in [0.2, 0.25) is 5.02 Å². The lowest BCUT2D eigenvalue weighted by atomic mass is 9.74. The number of carbonyl (C=O) groups is 1. The molecule has 0 spiro atoms. The van der Waals surface area contributed by atoms with E-state index in [1.165, 1.54) is 0 Å². The number of methoxy groups -OCH3 is 1. The molecule has 1 aliphatic carbocycles. The molecule has 2 aromatic carbocycles. The lowest BCUT2D eigenvalue weighted by Crippen LogP contribution is -2.55. The van der Waals surface area contributed by atoms with Gasteiger partial charge in [-0.25, -0.2) is 0 Å². The van der Waals surface area contributed by atoms with Gasteiger partial charge in [0.15, 0.2) is 10.9 Å². The molecule has 1 N–H and O–H groups in total. The van der Waals surface area contributed by atoms with Crippen LogP contribution in [0.1, 0.15) is 31.2 Å². The predicted octanol–water partition coefficient (Wildman–Crippen LogP) is 5.02. The number of nitrogens with zero attached hydrogens (tertiary/aromatic N) is 1. The van der Waals surface area contributed by atoms with Gasteiger partial charge in [-0.3, -0.25) is 4.79 Å². The average molecular weight is 403 g/mol. The van der Waals surface area contributed by atoms with E-state index in [4.69, 9.17) is 28.6 Å². The van der Waals surface area contributed by atoms with Crippen LogP contribution in [-0.2, 0) is 10.3 Å². The molecule has 2 aromatic rings. The fourth-order valence-corrected chi connectivity index (χ4v) is 4.28. The summed E-state index contributed by atoms with van der Waals surface area (Å²) in [5.41, 5.74) is 0.775. The highest BCUT2D eigenvalue weighted by Crippen LogP contribution is 2.42. The van der Waals surface area contributed by atoms with Gasteiger partial charge in [-0.2, -0.15) is 0 Å².